The maximum absolute atomic E-state index is 12.2. The average Bonchev–Trinajstić information content (AvgIpc) is 3.01. The Bertz CT molecular complexity index is 994. The number of aromatic nitrogens is 3. The highest BCUT2D eigenvalue weighted by atomic mass is 32.2. The van der Waals surface area contributed by atoms with Crippen molar-refractivity contribution in [3.8, 4) is 0 Å². The lowest BCUT2D eigenvalue weighted by molar-refractivity contribution is -0.141. The summed E-state index contributed by atoms with van der Waals surface area (Å²) in [4.78, 5) is 30.1. The fraction of sp³-hybridized carbons (Fsp3) is 0.368. The SMILES string of the molecule is Cc1ccc(SCC(=O)OCc2cc(=O)n3nc(CC(C)C)sc3n2)cc1. The predicted octanol–water partition coefficient (Wildman–Crippen LogP) is 3.49. The van der Waals surface area contributed by atoms with E-state index in [0.29, 0.717) is 16.6 Å². The molecule has 3 rings (SSSR count). The molecule has 0 bridgehead atoms. The summed E-state index contributed by atoms with van der Waals surface area (Å²) in [5.74, 6) is 0.323. The molecular weight excluding hydrogens is 382 g/mol. The molecule has 0 N–H and O–H groups in total. The van der Waals surface area contributed by atoms with E-state index in [0.717, 1.165) is 16.3 Å². The van der Waals surface area contributed by atoms with Crippen LogP contribution in [-0.2, 0) is 22.6 Å². The summed E-state index contributed by atoms with van der Waals surface area (Å²) in [6.07, 6.45) is 0.800. The minimum Gasteiger partial charge on any atom is -0.459 e. The molecule has 0 fully saturated rings. The smallest absolute Gasteiger partial charge is 0.316 e. The largest absolute Gasteiger partial charge is 0.459 e. The number of rotatable bonds is 7. The summed E-state index contributed by atoms with van der Waals surface area (Å²) in [6, 6.07) is 9.32. The first-order chi connectivity index (χ1) is 12.9. The molecule has 1 aromatic carbocycles. The number of ether oxygens (including phenoxy) is 1. The first-order valence-corrected chi connectivity index (χ1v) is 10.4. The highest BCUT2D eigenvalue weighted by Gasteiger charge is 2.12. The second-order valence-corrected chi connectivity index (χ2v) is 8.73. The Labute approximate surface area is 165 Å². The normalized spacial score (nSPS) is 11.3. The van der Waals surface area contributed by atoms with Crippen molar-refractivity contribution in [2.75, 3.05) is 5.75 Å². The second kappa shape index (κ2) is 8.67. The van der Waals surface area contributed by atoms with Gasteiger partial charge in [0.2, 0.25) is 4.96 Å². The lowest BCUT2D eigenvalue weighted by atomic mass is 10.1. The lowest BCUT2D eigenvalue weighted by Crippen LogP contribution is -2.17. The van der Waals surface area contributed by atoms with Crippen molar-refractivity contribution in [3.05, 3.63) is 57.0 Å². The van der Waals surface area contributed by atoms with Gasteiger partial charge in [-0.05, 0) is 25.0 Å². The number of fused-ring (bicyclic) bond motifs is 1. The topological polar surface area (TPSA) is 73.6 Å². The molecule has 0 aliphatic carbocycles. The zero-order chi connectivity index (χ0) is 19.4. The van der Waals surface area contributed by atoms with Crippen LogP contribution >= 0.6 is 23.1 Å². The molecule has 0 radical (unpaired) electrons. The van der Waals surface area contributed by atoms with Gasteiger partial charge in [0.1, 0.15) is 11.6 Å². The van der Waals surface area contributed by atoms with E-state index in [1.807, 2.05) is 31.2 Å². The molecular formula is C19H21N3O3S2. The minimum absolute atomic E-state index is 0.0174. The van der Waals surface area contributed by atoms with Crippen molar-refractivity contribution in [3.63, 3.8) is 0 Å². The second-order valence-electron chi connectivity index (χ2n) is 6.64. The highest BCUT2D eigenvalue weighted by Crippen LogP contribution is 2.19. The number of carbonyl (C=O) groups excluding carboxylic acids is 1. The summed E-state index contributed by atoms with van der Waals surface area (Å²) >= 11 is 2.81. The monoisotopic (exact) mass is 403 g/mol. The number of esters is 1. The number of nitrogens with zero attached hydrogens (tertiary/aromatic N) is 3. The molecule has 0 unspecified atom stereocenters. The Morgan fingerprint density at radius 3 is 2.74 bits per heavy atom. The number of hydrogen-bond donors (Lipinski definition) is 0. The molecule has 2 aromatic heterocycles. The number of aryl methyl sites for hydroxylation is 1. The number of carbonyl (C=O) groups is 1. The Hall–Kier alpha value is -2.19. The van der Waals surface area contributed by atoms with Crippen molar-refractivity contribution in [1.82, 2.24) is 14.6 Å². The predicted molar refractivity (Wildman–Crippen MR) is 107 cm³/mol. The molecule has 0 aliphatic heterocycles. The van der Waals surface area contributed by atoms with E-state index in [1.165, 1.54) is 39.2 Å². The maximum atomic E-state index is 12.2. The van der Waals surface area contributed by atoms with Crippen LogP contribution in [0.2, 0.25) is 0 Å². The van der Waals surface area contributed by atoms with Crippen LogP contribution in [0.15, 0.2) is 40.0 Å². The van der Waals surface area contributed by atoms with Gasteiger partial charge in [-0.1, -0.05) is 42.9 Å². The van der Waals surface area contributed by atoms with Crippen LogP contribution < -0.4 is 5.56 Å². The van der Waals surface area contributed by atoms with Gasteiger partial charge in [-0.15, -0.1) is 11.8 Å². The third-order valence-corrected chi connectivity index (χ3v) is 5.60. The summed E-state index contributed by atoms with van der Waals surface area (Å²) in [5.41, 5.74) is 1.36. The van der Waals surface area contributed by atoms with Gasteiger partial charge >= 0.3 is 5.97 Å². The van der Waals surface area contributed by atoms with Gasteiger partial charge in [0.15, 0.2) is 0 Å². The van der Waals surface area contributed by atoms with Crippen LogP contribution in [0, 0.1) is 12.8 Å². The third kappa shape index (κ3) is 5.40. The molecule has 6 nitrogen and oxygen atoms in total. The third-order valence-electron chi connectivity index (χ3n) is 3.68. The van der Waals surface area contributed by atoms with Crippen molar-refractivity contribution < 1.29 is 9.53 Å². The Morgan fingerprint density at radius 2 is 2.04 bits per heavy atom. The summed E-state index contributed by atoms with van der Waals surface area (Å²) < 4.78 is 6.57. The minimum atomic E-state index is -0.340. The fourth-order valence-electron chi connectivity index (χ4n) is 2.37. The molecule has 8 heteroatoms. The van der Waals surface area contributed by atoms with E-state index < -0.39 is 0 Å². The Balaban J connectivity index is 1.59. The lowest BCUT2D eigenvalue weighted by Gasteiger charge is -2.05. The van der Waals surface area contributed by atoms with E-state index >= 15 is 0 Å². The zero-order valence-electron chi connectivity index (χ0n) is 15.5. The van der Waals surface area contributed by atoms with Crippen molar-refractivity contribution in [2.24, 2.45) is 5.92 Å². The standard InChI is InChI=1S/C19H21N3O3S2/c1-12(2)8-16-21-22-17(23)9-14(20-19(22)27-16)10-25-18(24)11-26-15-6-4-13(3)5-7-15/h4-7,9,12H,8,10-11H2,1-3H3. The van der Waals surface area contributed by atoms with E-state index in [-0.39, 0.29) is 23.9 Å². The maximum Gasteiger partial charge on any atom is 0.316 e. The molecule has 0 spiro atoms. The van der Waals surface area contributed by atoms with Gasteiger partial charge in [0.25, 0.3) is 5.56 Å². The molecule has 0 atom stereocenters. The molecule has 2 heterocycles. The molecule has 3 aromatic rings. The van der Waals surface area contributed by atoms with Crippen molar-refractivity contribution >= 4 is 34.0 Å². The molecule has 27 heavy (non-hydrogen) atoms. The quantitative estimate of drug-likeness (QED) is 0.444. The first kappa shape index (κ1) is 19.6. The van der Waals surface area contributed by atoms with Gasteiger partial charge < -0.3 is 4.74 Å². The van der Waals surface area contributed by atoms with E-state index in [1.54, 1.807) is 0 Å². The molecule has 0 amide bonds. The van der Waals surface area contributed by atoms with Gasteiger partial charge in [0, 0.05) is 17.4 Å². The molecule has 0 aliphatic rings. The van der Waals surface area contributed by atoms with Crippen molar-refractivity contribution in [1.29, 1.82) is 0 Å². The number of thioether (sulfide) groups is 1. The van der Waals surface area contributed by atoms with Crippen LogP contribution in [0.5, 0.6) is 0 Å². The van der Waals surface area contributed by atoms with Crippen LogP contribution in [0.1, 0.15) is 30.1 Å². The average molecular weight is 404 g/mol. The number of hydrogen-bond acceptors (Lipinski definition) is 7. The van der Waals surface area contributed by atoms with Gasteiger partial charge in [-0.2, -0.15) is 9.61 Å². The van der Waals surface area contributed by atoms with E-state index in [9.17, 15) is 9.59 Å². The molecule has 0 saturated heterocycles. The summed E-state index contributed by atoms with van der Waals surface area (Å²) in [5, 5.41) is 5.18. The van der Waals surface area contributed by atoms with Crippen LogP contribution in [0.4, 0.5) is 0 Å². The van der Waals surface area contributed by atoms with Crippen LogP contribution in [-0.4, -0.2) is 26.3 Å². The Kier molecular flexibility index (Phi) is 6.28. The molecule has 0 saturated carbocycles. The van der Waals surface area contributed by atoms with Crippen LogP contribution in [0.3, 0.4) is 0 Å². The Morgan fingerprint density at radius 1 is 1.30 bits per heavy atom. The zero-order valence-corrected chi connectivity index (χ0v) is 17.1. The van der Waals surface area contributed by atoms with Gasteiger partial charge in [-0.3, -0.25) is 9.59 Å². The highest BCUT2D eigenvalue weighted by molar-refractivity contribution is 8.00. The summed E-state index contributed by atoms with van der Waals surface area (Å²) in [7, 11) is 0. The van der Waals surface area contributed by atoms with Gasteiger partial charge in [0.05, 0.1) is 11.4 Å². The molecule has 142 valence electrons. The summed E-state index contributed by atoms with van der Waals surface area (Å²) in [6.45, 7) is 6.20. The fourth-order valence-corrected chi connectivity index (χ4v) is 4.20. The van der Waals surface area contributed by atoms with E-state index in [2.05, 4.69) is 23.9 Å². The van der Waals surface area contributed by atoms with E-state index in [4.69, 9.17) is 4.74 Å². The first-order valence-electron chi connectivity index (χ1n) is 8.64. The van der Waals surface area contributed by atoms with Crippen molar-refractivity contribution in [2.45, 2.75) is 38.7 Å². The number of benzene rings is 1. The van der Waals surface area contributed by atoms with Gasteiger partial charge in [-0.25, -0.2) is 4.98 Å². The van der Waals surface area contributed by atoms with Crippen LogP contribution in [0.25, 0.3) is 4.96 Å².